The molecule has 8 nitrogen and oxygen atoms in total. The van der Waals surface area contributed by atoms with Crippen molar-refractivity contribution in [2.75, 3.05) is 18.8 Å². The van der Waals surface area contributed by atoms with Crippen molar-refractivity contribution in [3.8, 4) is 22.4 Å². The molecule has 1 aliphatic rings. The minimum Gasteiger partial charge on any atom is -0.383 e. The van der Waals surface area contributed by atoms with Crippen LogP contribution >= 0.6 is 0 Å². The fourth-order valence-corrected chi connectivity index (χ4v) is 3.88. The molecular weight excluding hydrogens is 354 g/mol. The van der Waals surface area contributed by atoms with E-state index in [0.717, 1.165) is 65.0 Å². The Morgan fingerprint density at radius 2 is 1.86 bits per heavy atom. The van der Waals surface area contributed by atoms with E-state index in [9.17, 15) is 0 Å². The van der Waals surface area contributed by atoms with E-state index in [0.29, 0.717) is 11.9 Å². The summed E-state index contributed by atoms with van der Waals surface area (Å²) in [5, 5.41) is 13.1. The van der Waals surface area contributed by atoms with E-state index in [1.165, 1.54) is 6.33 Å². The van der Waals surface area contributed by atoms with Gasteiger partial charge in [0.1, 0.15) is 24.1 Å². The number of hydrogen-bond acceptors (Lipinski definition) is 7. The molecule has 5 rings (SSSR count). The summed E-state index contributed by atoms with van der Waals surface area (Å²) in [6, 6.07) is 8.49. The Bertz CT molecular complexity index is 1120. The summed E-state index contributed by atoms with van der Waals surface area (Å²) >= 11 is 0. The van der Waals surface area contributed by atoms with Crippen molar-refractivity contribution in [3.05, 3.63) is 42.5 Å². The summed E-state index contributed by atoms with van der Waals surface area (Å²) in [5.74, 6) is 0.458. The molecule has 0 amide bonds. The van der Waals surface area contributed by atoms with Crippen LogP contribution in [0.25, 0.3) is 33.4 Å². The largest absolute Gasteiger partial charge is 0.383 e. The summed E-state index contributed by atoms with van der Waals surface area (Å²) < 4.78 is 7.08. The Hall–Kier alpha value is -3.26. The maximum atomic E-state index is 6.23. The van der Waals surface area contributed by atoms with Gasteiger partial charge in [0.2, 0.25) is 0 Å². The third-order valence-electron chi connectivity index (χ3n) is 5.39. The number of rotatable bonds is 3. The van der Waals surface area contributed by atoms with Gasteiger partial charge in [0.15, 0.2) is 5.65 Å². The van der Waals surface area contributed by atoms with Crippen molar-refractivity contribution in [1.29, 1.82) is 0 Å². The first kappa shape index (κ1) is 16.9. The van der Waals surface area contributed by atoms with E-state index in [1.54, 1.807) is 6.26 Å². The lowest BCUT2D eigenvalue weighted by atomic mass is 10.0. The van der Waals surface area contributed by atoms with Crippen LogP contribution in [0, 0.1) is 6.92 Å². The average molecular weight is 375 g/mol. The first-order chi connectivity index (χ1) is 13.7. The van der Waals surface area contributed by atoms with E-state index in [-0.39, 0.29) is 0 Å². The second kappa shape index (κ2) is 6.72. The van der Waals surface area contributed by atoms with Crippen molar-refractivity contribution < 1.29 is 4.52 Å². The van der Waals surface area contributed by atoms with Crippen LogP contribution in [0.2, 0.25) is 0 Å². The summed E-state index contributed by atoms with van der Waals surface area (Å²) in [5.41, 5.74) is 11.7. The number of nitrogens with zero attached hydrogens (tertiary/aromatic N) is 5. The first-order valence-corrected chi connectivity index (χ1v) is 9.43. The second-order valence-corrected chi connectivity index (χ2v) is 7.12. The molecule has 3 N–H and O–H groups in total. The number of benzene rings is 1. The van der Waals surface area contributed by atoms with Crippen LogP contribution in [0.3, 0.4) is 0 Å². The van der Waals surface area contributed by atoms with E-state index in [1.807, 2.05) is 35.9 Å². The number of nitrogens with one attached hydrogen (secondary N) is 1. The minimum atomic E-state index is 0.311. The normalized spacial score (nSPS) is 15.3. The molecule has 0 radical (unpaired) electrons. The third kappa shape index (κ3) is 2.73. The summed E-state index contributed by atoms with van der Waals surface area (Å²) in [4.78, 5) is 8.70. The van der Waals surface area contributed by atoms with Crippen molar-refractivity contribution in [2.24, 2.45) is 0 Å². The third-order valence-corrected chi connectivity index (χ3v) is 5.39. The maximum Gasteiger partial charge on any atom is 0.164 e. The van der Waals surface area contributed by atoms with Crippen LogP contribution in [0.1, 0.15) is 24.6 Å². The van der Waals surface area contributed by atoms with Gasteiger partial charge < -0.3 is 15.6 Å². The van der Waals surface area contributed by atoms with Gasteiger partial charge in [-0.1, -0.05) is 29.4 Å². The number of hydrogen-bond donors (Lipinski definition) is 2. The van der Waals surface area contributed by atoms with E-state index in [4.69, 9.17) is 15.4 Å². The van der Waals surface area contributed by atoms with Gasteiger partial charge in [-0.15, -0.1) is 0 Å². The molecule has 1 aliphatic heterocycles. The number of nitrogens with two attached hydrogens (primary N) is 1. The summed E-state index contributed by atoms with van der Waals surface area (Å²) in [7, 11) is 0. The second-order valence-electron chi connectivity index (χ2n) is 7.12. The number of aromatic nitrogens is 5. The lowest BCUT2D eigenvalue weighted by molar-refractivity contribution is 0.350. The van der Waals surface area contributed by atoms with Crippen molar-refractivity contribution >= 4 is 16.9 Å². The Labute approximate surface area is 161 Å². The van der Waals surface area contributed by atoms with Gasteiger partial charge in [0.05, 0.1) is 17.1 Å². The highest BCUT2D eigenvalue weighted by Gasteiger charge is 2.23. The van der Waals surface area contributed by atoms with E-state index in [2.05, 4.69) is 20.4 Å². The molecule has 4 aromatic rings. The topological polar surface area (TPSA) is 108 Å². The zero-order valence-corrected chi connectivity index (χ0v) is 15.6. The number of aryl methyl sites for hydroxylation is 1. The molecule has 1 saturated heterocycles. The Morgan fingerprint density at radius 3 is 2.57 bits per heavy atom. The van der Waals surface area contributed by atoms with Gasteiger partial charge >= 0.3 is 0 Å². The predicted octanol–water partition coefficient (Wildman–Crippen LogP) is 2.96. The van der Waals surface area contributed by atoms with E-state index < -0.39 is 0 Å². The van der Waals surface area contributed by atoms with Crippen LogP contribution in [0.15, 0.2) is 41.4 Å². The number of fused-ring (bicyclic) bond motifs is 1. The molecular formula is C20H21N7O. The number of nitrogen functional groups attached to an aromatic ring is 1. The number of anilines is 1. The van der Waals surface area contributed by atoms with Crippen LogP contribution in [-0.2, 0) is 0 Å². The molecule has 3 aromatic heterocycles. The molecule has 1 fully saturated rings. The maximum absolute atomic E-state index is 6.23. The Morgan fingerprint density at radius 1 is 1.11 bits per heavy atom. The molecule has 0 saturated carbocycles. The standard InChI is InChI=1S/C20H21N7O/c1-12-16(10-28-26-12)13-2-4-14(5-3-13)18-17-19(21)23-11-24-20(17)27(25-18)15-6-8-22-9-7-15/h2-5,10-11,15,22H,6-9H2,1H3,(H2,21,23,24). The fourth-order valence-electron chi connectivity index (χ4n) is 3.88. The predicted molar refractivity (Wildman–Crippen MR) is 107 cm³/mol. The van der Waals surface area contributed by atoms with Gasteiger partial charge in [-0.05, 0) is 38.4 Å². The molecule has 1 aromatic carbocycles. The molecule has 8 heteroatoms. The van der Waals surface area contributed by atoms with Crippen LogP contribution in [0.4, 0.5) is 5.82 Å². The highest BCUT2D eigenvalue weighted by atomic mass is 16.5. The average Bonchev–Trinajstić information content (AvgIpc) is 3.33. The van der Waals surface area contributed by atoms with Gasteiger partial charge in [0, 0.05) is 11.1 Å². The molecule has 28 heavy (non-hydrogen) atoms. The molecule has 0 atom stereocenters. The van der Waals surface area contributed by atoms with Crippen molar-refractivity contribution in [2.45, 2.75) is 25.8 Å². The molecule has 0 spiro atoms. The Balaban J connectivity index is 1.61. The van der Waals surface area contributed by atoms with Crippen molar-refractivity contribution in [3.63, 3.8) is 0 Å². The Kier molecular flexibility index (Phi) is 4.05. The van der Waals surface area contributed by atoms with Gasteiger partial charge in [-0.2, -0.15) is 5.10 Å². The smallest absolute Gasteiger partial charge is 0.164 e. The van der Waals surface area contributed by atoms with Crippen molar-refractivity contribution in [1.82, 2.24) is 30.2 Å². The molecule has 0 aliphatic carbocycles. The zero-order valence-electron chi connectivity index (χ0n) is 15.6. The summed E-state index contributed by atoms with van der Waals surface area (Å²) in [6.45, 7) is 3.89. The summed E-state index contributed by atoms with van der Waals surface area (Å²) in [6.07, 6.45) is 5.22. The molecule has 142 valence electrons. The molecule has 0 bridgehead atoms. The molecule has 4 heterocycles. The van der Waals surface area contributed by atoms with Gasteiger partial charge in [0.25, 0.3) is 0 Å². The van der Waals surface area contributed by atoms with Gasteiger partial charge in [-0.3, -0.25) is 0 Å². The van der Waals surface area contributed by atoms with Crippen LogP contribution in [-0.4, -0.2) is 38.0 Å². The SMILES string of the molecule is Cc1nocc1-c1ccc(-c2nn(C3CCNCC3)c3ncnc(N)c23)cc1. The lowest BCUT2D eigenvalue weighted by Crippen LogP contribution is -2.30. The lowest BCUT2D eigenvalue weighted by Gasteiger charge is -2.23. The highest BCUT2D eigenvalue weighted by Crippen LogP contribution is 2.34. The quantitative estimate of drug-likeness (QED) is 0.567. The van der Waals surface area contributed by atoms with Crippen LogP contribution in [0.5, 0.6) is 0 Å². The van der Waals surface area contributed by atoms with E-state index >= 15 is 0 Å². The van der Waals surface area contributed by atoms with Gasteiger partial charge in [-0.25, -0.2) is 14.6 Å². The van der Waals surface area contributed by atoms with Crippen LogP contribution < -0.4 is 11.1 Å². The minimum absolute atomic E-state index is 0.311. The fraction of sp³-hybridized carbons (Fsp3) is 0.300. The zero-order chi connectivity index (χ0) is 19.1. The molecule has 0 unspecified atom stereocenters. The first-order valence-electron chi connectivity index (χ1n) is 9.43. The number of piperidine rings is 1. The highest BCUT2D eigenvalue weighted by molar-refractivity contribution is 5.98. The monoisotopic (exact) mass is 375 g/mol.